The van der Waals surface area contributed by atoms with E-state index in [9.17, 15) is 13.2 Å². The maximum Gasteiger partial charge on any atom is 0.307 e. The number of rotatable bonds is 8. The largest absolute Gasteiger partial charge is 0.481 e. The Morgan fingerprint density at radius 2 is 1.94 bits per heavy atom. The molecule has 0 aromatic heterocycles. The van der Waals surface area contributed by atoms with Crippen molar-refractivity contribution in [3.05, 3.63) is 0 Å². The highest BCUT2D eigenvalue weighted by molar-refractivity contribution is 7.89. The summed E-state index contributed by atoms with van der Waals surface area (Å²) in [5.74, 6) is -1.87. The second-order valence-corrected chi connectivity index (χ2v) is 7.39. The number of carboxylic acid groups (broad SMARTS) is 1. The average Bonchev–Trinajstić information content (AvgIpc) is 2.19. The molecule has 0 aromatic rings. The smallest absolute Gasteiger partial charge is 0.307 e. The first-order chi connectivity index (χ1) is 8.07. The van der Waals surface area contributed by atoms with E-state index in [4.69, 9.17) is 5.11 Å². The normalized spacial score (nSPS) is 14.4. The predicted octanol–water partition coefficient (Wildman–Crippen LogP) is 0.689. The van der Waals surface area contributed by atoms with E-state index in [2.05, 4.69) is 9.46 Å². The molecule has 0 rings (SSSR count). The van der Waals surface area contributed by atoms with E-state index in [1.807, 2.05) is 20.8 Å². The number of aliphatic carboxylic acids is 1. The van der Waals surface area contributed by atoms with E-state index < -0.39 is 21.9 Å². The third kappa shape index (κ3) is 8.43. The quantitative estimate of drug-likeness (QED) is 0.683. The Morgan fingerprint density at radius 1 is 1.39 bits per heavy atom. The average molecular weight is 281 g/mol. The lowest BCUT2D eigenvalue weighted by Crippen LogP contribution is -2.36. The molecule has 0 heterocycles. The van der Waals surface area contributed by atoms with E-state index in [0.29, 0.717) is 6.42 Å². The van der Waals surface area contributed by atoms with Gasteiger partial charge >= 0.3 is 5.97 Å². The van der Waals surface area contributed by atoms with Crippen molar-refractivity contribution >= 4 is 16.0 Å². The minimum absolute atomic E-state index is 0.0847. The standard InChI is InChI=1S/C11H23NO5S/c1-11(2,3)7-9(10(13)14)8-12-18(15,16)6-5-17-4/h9,12H,5-8H2,1-4H3,(H,13,14). The number of carbonyl (C=O) groups is 1. The van der Waals surface area contributed by atoms with Crippen LogP contribution in [0.15, 0.2) is 0 Å². The zero-order chi connectivity index (χ0) is 14.4. The molecule has 2 N–H and O–H groups in total. The molecular formula is C11H23NO5S. The minimum atomic E-state index is -3.47. The second-order valence-electron chi connectivity index (χ2n) is 5.46. The Hall–Kier alpha value is -0.660. The van der Waals surface area contributed by atoms with Crippen LogP contribution in [0.1, 0.15) is 27.2 Å². The fourth-order valence-corrected chi connectivity index (χ4v) is 2.46. The van der Waals surface area contributed by atoms with Gasteiger partial charge in [0.15, 0.2) is 0 Å². The van der Waals surface area contributed by atoms with Gasteiger partial charge in [0.25, 0.3) is 0 Å². The lowest BCUT2D eigenvalue weighted by atomic mass is 9.85. The van der Waals surface area contributed by atoms with Gasteiger partial charge in [0, 0.05) is 13.7 Å². The van der Waals surface area contributed by atoms with Crippen molar-refractivity contribution in [3.63, 3.8) is 0 Å². The molecule has 1 atom stereocenters. The van der Waals surface area contributed by atoms with Gasteiger partial charge in [0.1, 0.15) is 0 Å². The predicted molar refractivity (Wildman–Crippen MR) is 68.9 cm³/mol. The Labute approximate surface area is 109 Å². The molecule has 1 unspecified atom stereocenters. The molecule has 0 aliphatic rings. The summed E-state index contributed by atoms with van der Waals surface area (Å²) in [6, 6.07) is 0. The fourth-order valence-electron chi connectivity index (χ4n) is 1.48. The summed E-state index contributed by atoms with van der Waals surface area (Å²) in [4.78, 5) is 11.0. The molecule has 0 aliphatic carbocycles. The van der Waals surface area contributed by atoms with E-state index in [1.165, 1.54) is 7.11 Å². The molecule has 0 saturated heterocycles. The van der Waals surface area contributed by atoms with Crippen molar-refractivity contribution in [2.75, 3.05) is 26.0 Å². The molecule has 0 spiro atoms. The molecule has 108 valence electrons. The molecule has 7 heteroatoms. The highest BCUT2D eigenvalue weighted by atomic mass is 32.2. The number of carboxylic acids is 1. The SMILES string of the molecule is COCCS(=O)(=O)NCC(CC(C)(C)C)C(=O)O. The van der Waals surface area contributed by atoms with Crippen LogP contribution in [0.2, 0.25) is 0 Å². The van der Waals surface area contributed by atoms with Crippen LogP contribution >= 0.6 is 0 Å². The van der Waals surface area contributed by atoms with Gasteiger partial charge in [-0.3, -0.25) is 4.79 Å². The van der Waals surface area contributed by atoms with Crippen LogP contribution in [0.25, 0.3) is 0 Å². The lowest BCUT2D eigenvalue weighted by Gasteiger charge is -2.23. The van der Waals surface area contributed by atoms with Crippen molar-refractivity contribution in [1.29, 1.82) is 0 Å². The van der Waals surface area contributed by atoms with Gasteiger partial charge in [0.05, 0.1) is 18.3 Å². The minimum Gasteiger partial charge on any atom is -0.481 e. The number of hydrogen-bond donors (Lipinski definition) is 2. The van der Waals surface area contributed by atoms with Gasteiger partial charge in [-0.15, -0.1) is 0 Å². The van der Waals surface area contributed by atoms with Crippen molar-refractivity contribution in [3.8, 4) is 0 Å². The lowest BCUT2D eigenvalue weighted by molar-refractivity contribution is -0.142. The highest BCUT2D eigenvalue weighted by Crippen LogP contribution is 2.24. The van der Waals surface area contributed by atoms with Crippen LogP contribution in [0.4, 0.5) is 0 Å². The van der Waals surface area contributed by atoms with Crippen LogP contribution in [0.3, 0.4) is 0 Å². The summed E-state index contributed by atoms with van der Waals surface area (Å²) >= 11 is 0. The van der Waals surface area contributed by atoms with Crippen LogP contribution in [-0.2, 0) is 19.6 Å². The van der Waals surface area contributed by atoms with Gasteiger partial charge in [-0.1, -0.05) is 20.8 Å². The summed E-state index contributed by atoms with van der Waals surface area (Å²) in [5, 5.41) is 9.05. The molecular weight excluding hydrogens is 258 g/mol. The third-order valence-corrected chi connectivity index (χ3v) is 3.62. The number of nitrogens with one attached hydrogen (secondary N) is 1. The van der Waals surface area contributed by atoms with Crippen LogP contribution < -0.4 is 4.72 Å². The maximum absolute atomic E-state index is 11.5. The van der Waals surface area contributed by atoms with Gasteiger partial charge in [-0.2, -0.15) is 0 Å². The monoisotopic (exact) mass is 281 g/mol. The molecule has 0 aliphatic heterocycles. The molecule has 0 bridgehead atoms. The molecule has 0 aromatic carbocycles. The Kier molecular flexibility index (Phi) is 6.80. The summed E-state index contributed by atoms with van der Waals surface area (Å²) in [5.41, 5.74) is -0.166. The number of hydrogen-bond acceptors (Lipinski definition) is 4. The molecule has 0 fully saturated rings. The van der Waals surface area contributed by atoms with Crippen LogP contribution in [0.5, 0.6) is 0 Å². The number of sulfonamides is 1. The Morgan fingerprint density at radius 3 is 2.33 bits per heavy atom. The Bertz CT molecular complexity index is 358. The molecule has 0 amide bonds. The van der Waals surface area contributed by atoms with E-state index >= 15 is 0 Å². The molecule has 0 radical (unpaired) electrons. The molecule has 0 saturated carbocycles. The summed E-state index contributed by atoms with van der Waals surface area (Å²) in [6.07, 6.45) is 0.412. The first-order valence-corrected chi connectivity index (χ1v) is 7.42. The first kappa shape index (κ1) is 17.3. The summed E-state index contributed by atoms with van der Waals surface area (Å²) in [6.45, 7) is 5.76. The zero-order valence-electron chi connectivity index (χ0n) is 11.4. The van der Waals surface area contributed by atoms with Crippen molar-refractivity contribution in [2.24, 2.45) is 11.3 Å². The fraction of sp³-hybridized carbons (Fsp3) is 0.909. The zero-order valence-corrected chi connectivity index (χ0v) is 12.2. The molecule has 6 nitrogen and oxygen atoms in total. The van der Waals surface area contributed by atoms with Crippen molar-refractivity contribution in [1.82, 2.24) is 4.72 Å². The van der Waals surface area contributed by atoms with Gasteiger partial charge < -0.3 is 9.84 Å². The number of ether oxygens (including phenoxy) is 1. The Balaban J connectivity index is 4.41. The van der Waals surface area contributed by atoms with Gasteiger partial charge in [0.2, 0.25) is 10.0 Å². The van der Waals surface area contributed by atoms with Crippen molar-refractivity contribution < 1.29 is 23.1 Å². The summed E-state index contributed by atoms with van der Waals surface area (Å²) < 4.78 is 30.0. The van der Waals surface area contributed by atoms with Gasteiger partial charge in [-0.05, 0) is 11.8 Å². The first-order valence-electron chi connectivity index (χ1n) is 5.76. The van der Waals surface area contributed by atoms with Gasteiger partial charge in [-0.25, -0.2) is 13.1 Å². The summed E-state index contributed by atoms with van der Waals surface area (Å²) in [7, 11) is -2.05. The van der Waals surface area contributed by atoms with Crippen LogP contribution in [0, 0.1) is 11.3 Å². The van der Waals surface area contributed by atoms with E-state index in [-0.39, 0.29) is 24.3 Å². The maximum atomic E-state index is 11.5. The van der Waals surface area contributed by atoms with Crippen LogP contribution in [-0.4, -0.2) is 45.5 Å². The van der Waals surface area contributed by atoms with E-state index in [0.717, 1.165) is 0 Å². The number of methoxy groups -OCH3 is 1. The second kappa shape index (κ2) is 7.06. The highest BCUT2D eigenvalue weighted by Gasteiger charge is 2.25. The van der Waals surface area contributed by atoms with Crippen molar-refractivity contribution in [2.45, 2.75) is 27.2 Å². The van der Waals surface area contributed by atoms with E-state index in [1.54, 1.807) is 0 Å². The molecule has 18 heavy (non-hydrogen) atoms. The topological polar surface area (TPSA) is 92.7 Å². The third-order valence-electron chi connectivity index (χ3n) is 2.31.